The summed E-state index contributed by atoms with van der Waals surface area (Å²) in [5, 5.41) is 0.700. The zero-order valence-electron chi connectivity index (χ0n) is 16.0. The third-order valence-corrected chi connectivity index (χ3v) is 5.30. The predicted octanol–water partition coefficient (Wildman–Crippen LogP) is 4.86. The monoisotopic (exact) mass is 443 g/mol. The van der Waals surface area contributed by atoms with Crippen LogP contribution < -0.4 is 4.90 Å². The molecule has 0 aliphatic carbocycles. The third kappa shape index (κ3) is 3.21. The molecule has 0 unspecified atom stereocenters. The Bertz CT molecular complexity index is 1350. The second kappa shape index (κ2) is 6.78. The Balaban J connectivity index is 1.45. The van der Waals surface area contributed by atoms with Crippen molar-refractivity contribution in [3.8, 4) is 11.4 Å². The second-order valence-corrected chi connectivity index (χ2v) is 7.50. The number of rotatable bonds is 3. The van der Waals surface area contributed by atoms with E-state index in [0.29, 0.717) is 27.8 Å². The first-order chi connectivity index (χ1) is 14.7. The van der Waals surface area contributed by atoms with Crippen molar-refractivity contribution in [1.82, 2.24) is 19.5 Å². The maximum absolute atomic E-state index is 12.9. The Kier molecular flexibility index (Phi) is 4.26. The smallest absolute Gasteiger partial charge is 0.333 e. The van der Waals surface area contributed by atoms with Crippen LogP contribution in [-0.4, -0.2) is 25.4 Å². The molecular weight excluding hydrogens is 431 g/mol. The van der Waals surface area contributed by atoms with Gasteiger partial charge in [0.25, 0.3) is 5.91 Å². The molecule has 0 radical (unpaired) electrons. The fraction of sp³-hybridized carbons (Fsp3) is 0.143. The first-order valence-corrected chi connectivity index (χ1v) is 9.58. The van der Waals surface area contributed by atoms with E-state index in [9.17, 15) is 18.0 Å². The summed E-state index contributed by atoms with van der Waals surface area (Å²) >= 11 is 6.03. The first-order valence-electron chi connectivity index (χ1n) is 9.20. The average molecular weight is 444 g/mol. The minimum Gasteiger partial charge on any atom is -0.333 e. The molecule has 10 heteroatoms. The normalized spacial score (nSPS) is 13.5. The van der Waals surface area contributed by atoms with Crippen molar-refractivity contribution in [2.75, 3.05) is 4.90 Å². The van der Waals surface area contributed by atoms with E-state index in [4.69, 9.17) is 11.6 Å². The van der Waals surface area contributed by atoms with Crippen LogP contribution in [0, 0.1) is 0 Å². The zero-order valence-corrected chi connectivity index (χ0v) is 16.7. The van der Waals surface area contributed by atoms with Gasteiger partial charge in [-0.3, -0.25) is 9.69 Å². The predicted molar refractivity (Wildman–Crippen MR) is 109 cm³/mol. The highest BCUT2D eigenvalue weighted by Crippen LogP contribution is 2.37. The summed E-state index contributed by atoms with van der Waals surface area (Å²) in [6.07, 6.45) is -3.56. The number of aromatic nitrogens is 4. The Hall–Kier alpha value is -3.46. The number of imidazole rings is 1. The highest BCUT2D eigenvalue weighted by molar-refractivity contribution is 6.30. The van der Waals surface area contributed by atoms with E-state index in [2.05, 4.69) is 15.0 Å². The van der Waals surface area contributed by atoms with Crippen LogP contribution in [0.3, 0.4) is 0 Å². The summed E-state index contributed by atoms with van der Waals surface area (Å²) in [5.74, 6) is 0.437. The van der Waals surface area contributed by atoms with Gasteiger partial charge in [0.2, 0.25) is 5.28 Å². The Morgan fingerprint density at radius 1 is 1.03 bits per heavy atom. The lowest BCUT2D eigenvalue weighted by molar-refractivity contribution is -0.140. The minimum absolute atomic E-state index is 0.0462. The second-order valence-electron chi connectivity index (χ2n) is 7.16. The summed E-state index contributed by atoms with van der Waals surface area (Å²) in [5.41, 5.74) is 1.46. The molecule has 0 bridgehead atoms. The summed E-state index contributed by atoms with van der Waals surface area (Å²) in [4.78, 5) is 26.5. The van der Waals surface area contributed by atoms with Crippen molar-refractivity contribution >= 4 is 34.2 Å². The molecule has 2 aromatic carbocycles. The standard InChI is InChI=1S/C21H13ClF3N5O/c1-29-10-15(21(23,24)25)27-17(29)12-7-5-11(6-8-12)9-30-18-16-13(19(30)31)3-2-4-14(16)26-20(22)28-18/h2-8,10H,9H2,1H3. The SMILES string of the molecule is Cn1cc(C(F)(F)F)nc1-c1ccc(CN2C(=O)c3cccc4nc(Cl)nc2c34)cc1. The number of hydrogen-bond acceptors (Lipinski definition) is 4. The van der Waals surface area contributed by atoms with Crippen LogP contribution in [0.15, 0.2) is 48.7 Å². The van der Waals surface area contributed by atoms with Crippen molar-refractivity contribution in [3.63, 3.8) is 0 Å². The van der Waals surface area contributed by atoms with E-state index in [1.165, 1.54) is 16.5 Å². The lowest BCUT2D eigenvalue weighted by atomic mass is 10.1. The first kappa shape index (κ1) is 19.5. The van der Waals surface area contributed by atoms with E-state index in [1.807, 2.05) is 0 Å². The van der Waals surface area contributed by atoms with E-state index in [-0.39, 0.29) is 23.6 Å². The van der Waals surface area contributed by atoms with Crippen LogP contribution in [0.5, 0.6) is 0 Å². The van der Waals surface area contributed by atoms with E-state index in [0.717, 1.165) is 11.8 Å². The number of nitrogens with zero attached hydrogens (tertiary/aromatic N) is 5. The van der Waals surface area contributed by atoms with Gasteiger partial charge in [-0.1, -0.05) is 30.3 Å². The van der Waals surface area contributed by atoms with Gasteiger partial charge in [0.05, 0.1) is 23.0 Å². The van der Waals surface area contributed by atoms with Gasteiger partial charge in [0.15, 0.2) is 5.69 Å². The van der Waals surface area contributed by atoms with Crippen molar-refractivity contribution in [3.05, 3.63) is 70.8 Å². The van der Waals surface area contributed by atoms with Gasteiger partial charge in [-0.15, -0.1) is 0 Å². The lowest BCUT2D eigenvalue weighted by Crippen LogP contribution is -2.26. The van der Waals surface area contributed by atoms with Gasteiger partial charge in [0, 0.05) is 18.8 Å². The number of benzene rings is 2. The van der Waals surface area contributed by atoms with Crippen LogP contribution in [0.25, 0.3) is 22.3 Å². The number of hydrogen-bond donors (Lipinski definition) is 0. The Morgan fingerprint density at radius 3 is 2.45 bits per heavy atom. The molecule has 1 amide bonds. The molecular formula is C21H13ClF3N5O. The molecule has 2 aromatic heterocycles. The average Bonchev–Trinajstić information content (AvgIpc) is 3.23. The van der Waals surface area contributed by atoms with E-state index >= 15 is 0 Å². The molecule has 0 atom stereocenters. The quantitative estimate of drug-likeness (QED) is 0.424. The molecule has 0 saturated carbocycles. The van der Waals surface area contributed by atoms with Crippen molar-refractivity contribution in [2.24, 2.45) is 7.05 Å². The highest BCUT2D eigenvalue weighted by atomic mass is 35.5. The number of amides is 1. The number of carbonyl (C=O) groups excluding carboxylic acids is 1. The van der Waals surface area contributed by atoms with Gasteiger partial charge in [-0.25, -0.2) is 9.97 Å². The minimum atomic E-state index is -4.51. The van der Waals surface area contributed by atoms with Crippen LogP contribution in [0.2, 0.25) is 5.28 Å². The zero-order chi connectivity index (χ0) is 21.9. The third-order valence-electron chi connectivity index (χ3n) is 5.13. The molecule has 3 heterocycles. The van der Waals surface area contributed by atoms with Gasteiger partial charge in [-0.05, 0) is 29.3 Å². The molecule has 156 valence electrons. The number of alkyl halides is 3. The summed E-state index contributed by atoms with van der Waals surface area (Å²) < 4.78 is 40.1. The van der Waals surface area contributed by atoms with Gasteiger partial charge in [0.1, 0.15) is 11.6 Å². The van der Waals surface area contributed by atoms with Crippen molar-refractivity contribution in [2.45, 2.75) is 12.7 Å². The topological polar surface area (TPSA) is 63.9 Å². The molecule has 0 saturated heterocycles. The van der Waals surface area contributed by atoms with Crippen molar-refractivity contribution < 1.29 is 18.0 Å². The van der Waals surface area contributed by atoms with Crippen molar-refractivity contribution in [1.29, 1.82) is 0 Å². The Labute approximate surface area is 178 Å². The molecule has 4 aromatic rings. The molecule has 31 heavy (non-hydrogen) atoms. The fourth-order valence-corrected chi connectivity index (χ4v) is 3.88. The van der Waals surface area contributed by atoms with Crippen LogP contribution in [0.4, 0.5) is 19.0 Å². The number of aryl methyl sites for hydroxylation is 1. The van der Waals surface area contributed by atoms with E-state index in [1.54, 1.807) is 42.5 Å². The molecule has 0 N–H and O–H groups in total. The molecule has 1 aliphatic heterocycles. The molecule has 5 rings (SSSR count). The van der Waals surface area contributed by atoms with Gasteiger partial charge >= 0.3 is 6.18 Å². The summed E-state index contributed by atoms with van der Waals surface area (Å²) in [7, 11) is 1.51. The maximum Gasteiger partial charge on any atom is 0.434 e. The van der Waals surface area contributed by atoms with E-state index < -0.39 is 11.9 Å². The number of carbonyl (C=O) groups is 1. The van der Waals surface area contributed by atoms with Crippen LogP contribution in [-0.2, 0) is 19.8 Å². The lowest BCUT2D eigenvalue weighted by Gasteiger charge is -2.17. The molecule has 0 fully saturated rings. The highest BCUT2D eigenvalue weighted by Gasteiger charge is 2.35. The molecule has 0 spiro atoms. The van der Waals surface area contributed by atoms with Gasteiger partial charge in [-0.2, -0.15) is 18.2 Å². The molecule has 6 nitrogen and oxygen atoms in total. The van der Waals surface area contributed by atoms with Gasteiger partial charge < -0.3 is 4.57 Å². The van der Waals surface area contributed by atoms with Crippen LogP contribution in [0.1, 0.15) is 21.6 Å². The fourth-order valence-electron chi connectivity index (χ4n) is 3.71. The Morgan fingerprint density at radius 2 is 1.77 bits per heavy atom. The number of anilines is 1. The summed E-state index contributed by atoms with van der Waals surface area (Å²) in [6, 6.07) is 12.1. The largest absolute Gasteiger partial charge is 0.434 e. The summed E-state index contributed by atoms with van der Waals surface area (Å²) in [6.45, 7) is 0.227. The maximum atomic E-state index is 12.9. The number of halogens is 4. The van der Waals surface area contributed by atoms with Crippen LogP contribution >= 0.6 is 11.6 Å². The molecule has 1 aliphatic rings.